The van der Waals surface area contributed by atoms with Crippen LogP contribution in [0.2, 0.25) is 0 Å². The Morgan fingerprint density at radius 1 is 1.24 bits per heavy atom. The summed E-state index contributed by atoms with van der Waals surface area (Å²) in [6.45, 7) is 1.69. The predicted molar refractivity (Wildman–Crippen MR) is 88.1 cm³/mol. The molecule has 1 N–H and O–H groups in total. The number of hydrogen-bond acceptors (Lipinski definition) is 4. The largest absolute Gasteiger partial charge is 0.322 e. The highest BCUT2D eigenvalue weighted by molar-refractivity contribution is 5.93. The number of aromatic nitrogens is 3. The molecule has 2 aromatic carbocycles. The minimum atomic E-state index is -0.978. The van der Waals surface area contributed by atoms with E-state index < -0.39 is 29.1 Å². The standard InChI is InChI=1S/C17H14F2N4O2/c1-2-15(16(24)20-14-8-7-10(18)9-12(14)19)23-17(25)11-5-3-4-6-13(11)21-22-23/h3-9,15H,2H2,1H3,(H,20,24)/t15-/m1/s1. The third kappa shape index (κ3) is 3.23. The zero-order valence-corrected chi connectivity index (χ0v) is 13.2. The Bertz CT molecular complexity index is 1000. The van der Waals surface area contributed by atoms with Gasteiger partial charge in [0.1, 0.15) is 23.2 Å². The number of nitrogens with one attached hydrogen (secondary N) is 1. The number of hydrogen-bond donors (Lipinski definition) is 1. The number of fused-ring (bicyclic) bond motifs is 1. The third-order valence-electron chi connectivity index (χ3n) is 3.76. The molecular formula is C17H14F2N4O2. The van der Waals surface area contributed by atoms with E-state index in [0.29, 0.717) is 17.0 Å². The van der Waals surface area contributed by atoms with E-state index in [1.54, 1.807) is 31.2 Å². The number of amides is 1. The first kappa shape index (κ1) is 16.7. The van der Waals surface area contributed by atoms with Crippen molar-refractivity contribution in [3.8, 4) is 0 Å². The molecule has 1 amide bonds. The Balaban J connectivity index is 1.95. The number of halogens is 2. The molecule has 0 bridgehead atoms. The van der Waals surface area contributed by atoms with Crippen molar-refractivity contribution in [2.24, 2.45) is 0 Å². The molecule has 0 aliphatic heterocycles. The fourth-order valence-corrected chi connectivity index (χ4v) is 2.48. The molecule has 3 rings (SSSR count). The predicted octanol–water partition coefficient (Wildman–Crippen LogP) is 2.66. The van der Waals surface area contributed by atoms with E-state index in [4.69, 9.17) is 0 Å². The van der Waals surface area contributed by atoms with Gasteiger partial charge in [0.15, 0.2) is 0 Å². The molecule has 128 valence electrons. The first-order chi connectivity index (χ1) is 12.0. The van der Waals surface area contributed by atoms with Crippen molar-refractivity contribution in [3.05, 3.63) is 64.5 Å². The molecule has 8 heteroatoms. The Morgan fingerprint density at radius 2 is 2.00 bits per heavy atom. The van der Waals surface area contributed by atoms with Gasteiger partial charge in [-0.15, -0.1) is 5.10 Å². The summed E-state index contributed by atoms with van der Waals surface area (Å²) in [6.07, 6.45) is 0.238. The van der Waals surface area contributed by atoms with Crippen molar-refractivity contribution < 1.29 is 13.6 Å². The van der Waals surface area contributed by atoms with E-state index >= 15 is 0 Å². The van der Waals surface area contributed by atoms with E-state index in [1.165, 1.54) is 0 Å². The second-order valence-electron chi connectivity index (χ2n) is 5.39. The molecule has 25 heavy (non-hydrogen) atoms. The molecular weight excluding hydrogens is 330 g/mol. The minimum absolute atomic E-state index is 0.174. The normalized spacial score (nSPS) is 12.1. The Labute approximate surface area is 141 Å². The molecule has 1 aromatic heterocycles. The van der Waals surface area contributed by atoms with Crippen LogP contribution in [0.1, 0.15) is 19.4 Å². The summed E-state index contributed by atoms with van der Waals surface area (Å²) in [5.41, 5.74) is -0.220. The van der Waals surface area contributed by atoms with Gasteiger partial charge in [0.2, 0.25) is 5.91 Å². The molecule has 3 aromatic rings. The summed E-state index contributed by atoms with van der Waals surface area (Å²) in [4.78, 5) is 25.0. The van der Waals surface area contributed by atoms with Crippen LogP contribution in [0, 0.1) is 11.6 Å². The molecule has 0 aliphatic carbocycles. The van der Waals surface area contributed by atoms with Gasteiger partial charge in [-0.2, -0.15) is 4.68 Å². The van der Waals surface area contributed by atoms with Crippen LogP contribution in [0.3, 0.4) is 0 Å². The first-order valence-corrected chi connectivity index (χ1v) is 7.61. The lowest BCUT2D eigenvalue weighted by Gasteiger charge is -2.16. The van der Waals surface area contributed by atoms with E-state index in [-0.39, 0.29) is 12.1 Å². The lowest BCUT2D eigenvalue weighted by molar-refractivity contribution is -0.119. The van der Waals surface area contributed by atoms with Gasteiger partial charge in [0, 0.05) is 6.07 Å². The number of rotatable bonds is 4. The summed E-state index contributed by atoms with van der Waals surface area (Å²) >= 11 is 0. The molecule has 0 aliphatic rings. The molecule has 1 heterocycles. The van der Waals surface area contributed by atoms with Crippen LogP contribution in [-0.4, -0.2) is 20.9 Å². The lowest BCUT2D eigenvalue weighted by Crippen LogP contribution is -2.35. The molecule has 0 unspecified atom stereocenters. The van der Waals surface area contributed by atoms with Crippen molar-refractivity contribution in [1.29, 1.82) is 0 Å². The highest BCUT2D eigenvalue weighted by atomic mass is 19.1. The topological polar surface area (TPSA) is 76.9 Å². The van der Waals surface area contributed by atoms with Crippen LogP contribution in [0.15, 0.2) is 47.3 Å². The summed E-state index contributed by atoms with van der Waals surface area (Å²) in [6, 6.07) is 8.47. The summed E-state index contributed by atoms with van der Waals surface area (Å²) in [5.74, 6) is -2.29. The fraction of sp³-hybridized carbons (Fsp3) is 0.176. The van der Waals surface area contributed by atoms with E-state index in [0.717, 1.165) is 16.8 Å². The van der Waals surface area contributed by atoms with Crippen molar-refractivity contribution in [2.45, 2.75) is 19.4 Å². The van der Waals surface area contributed by atoms with Gasteiger partial charge in [0.25, 0.3) is 5.56 Å². The lowest BCUT2D eigenvalue weighted by atomic mass is 10.2. The molecule has 1 atom stereocenters. The van der Waals surface area contributed by atoms with Gasteiger partial charge in [0.05, 0.1) is 11.1 Å². The maximum Gasteiger partial charge on any atom is 0.278 e. The summed E-state index contributed by atoms with van der Waals surface area (Å²) in [5, 5.41) is 10.4. The SMILES string of the molecule is CC[C@H](C(=O)Nc1ccc(F)cc1F)n1nnc2ccccc2c1=O. The molecule has 0 spiro atoms. The number of nitrogens with zero attached hydrogens (tertiary/aromatic N) is 3. The van der Waals surface area contributed by atoms with Gasteiger partial charge < -0.3 is 5.32 Å². The maximum atomic E-state index is 13.7. The number of anilines is 1. The molecule has 0 saturated heterocycles. The zero-order chi connectivity index (χ0) is 18.0. The molecule has 0 fully saturated rings. The zero-order valence-electron chi connectivity index (χ0n) is 13.2. The van der Waals surface area contributed by atoms with Crippen LogP contribution in [-0.2, 0) is 4.79 Å². The molecule has 0 saturated carbocycles. The average molecular weight is 344 g/mol. The average Bonchev–Trinajstić information content (AvgIpc) is 2.60. The van der Waals surface area contributed by atoms with Gasteiger partial charge in [-0.1, -0.05) is 24.3 Å². The summed E-state index contributed by atoms with van der Waals surface area (Å²) < 4.78 is 27.6. The number of carbonyl (C=O) groups excluding carboxylic acids is 1. The Hall–Kier alpha value is -3.16. The number of carbonyl (C=O) groups is 1. The van der Waals surface area contributed by atoms with E-state index in [2.05, 4.69) is 15.6 Å². The van der Waals surface area contributed by atoms with Gasteiger partial charge >= 0.3 is 0 Å². The van der Waals surface area contributed by atoms with E-state index in [1.807, 2.05) is 0 Å². The van der Waals surface area contributed by atoms with Crippen LogP contribution in [0.4, 0.5) is 14.5 Å². The molecule has 6 nitrogen and oxygen atoms in total. The third-order valence-corrected chi connectivity index (χ3v) is 3.76. The van der Waals surface area contributed by atoms with Crippen molar-refractivity contribution in [3.63, 3.8) is 0 Å². The van der Waals surface area contributed by atoms with Gasteiger partial charge in [-0.25, -0.2) is 8.78 Å². The van der Waals surface area contributed by atoms with Gasteiger partial charge in [-0.3, -0.25) is 9.59 Å². The Kier molecular flexibility index (Phi) is 4.51. The van der Waals surface area contributed by atoms with Crippen LogP contribution in [0.5, 0.6) is 0 Å². The van der Waals surface area contributed by atoms with E-state index in [9.17, 15) is 18.4 Å². The second kappa shape index (κ2) is 6.76. The highest BCUT2D eigenvalue weighted by Crippen LogP contribution is 2.18. The monoisotopic (exact) mass is 344 g/mol. The second-order valence-corrected chi connectivity index (χ2v) is 5.39. The smallest absolute Gasteiger partial charge is 0.278 e. The van der Waals surface area contributed by atoms with Crippen LogP contribution in [0.25, 0.3) is 10.9 Å². The number of benzene rings is 2. The van der Waals surface area contributed by atoms with Crippen LogP contribution >= 0.6 is 0 Å². The maximum absolute atomic E-state index is 13.7. The van der Waals surface area contributed by atoms with Crippen LogP contribution < -0.4 is 10.9 Å². The van der Waals surface area contributed by atoms with Crippen molar-refractivity contribution >= 4 is 22.5 Å². The fourth-order valence-electron chi connectivity index (χ4n) is 2.48. The van der Waals surface area contributed by atoms with Gasteiger partial charge in [-0.05, 0) is 30.7 Å². The molecule has 0 radical (unpaired) electrons. The minimum Gasteiger partial charge on any atom is -0.322 e. The highest BCUT2D eigenvalue weighted by Gasteiger charge is 2.23. The first-order valence-electron chi connectivity index (χ1n) is 7.61. The van der Waals surface area contributed by atoms with Crippen molar-refractivity contribution in [2.75, 3.05) is 5.32 Å². The summed E-state index contributed by atoms with van der Waals surface area (Å²) in [7, 11) is 0. The Morgan fingerprint density at radius 3 is 2.72 bits per heavy atom. The van der Waals surface area contributed by atoms with Crippen molar-refractivity contribution in [1.82, 2.24) is 15.0 Å². The quantitative estimate of drug-likeness (QED) is 0.789.